The predicted molar refractivity (Wildman–Crippen MR) is 135 cm³/mol. The van der Waals surface area contributed by atoms with Crippen molar-refractivity contribution < 1.29 is 27.4 Å². The summed E-state index contributed by atoms with van der Waals surface area (Å²) in [7, 11) is -1.85. The van der Waals surface area contributed by atoms with E-state index in [0.29, 0.717) is 6.54 Å². The zero-order valence-electron chi connectivity index (χ0n) is 20.8. The Morgan fingerprint density at radius 1 is 1.05 bits per heavy atom. The summed E-state index contributed by atoms with van der Waals surface area (Å²) < 4.78 is 41.4. The minimum atomic E-state index is -3.37. The van der Waals surface area contributed by atoms with Crippen molar-refractivity contribution >= 4 is 21.6 Å². The van der Waals surface area contributed by atoms with E-state index in [4.69, 9.17) is 14.2 Å². The van der Waals surface area contributed by atoms with E-state index in [2.05, 4.69) is 30.4 Å². The van der Waals surface area contributed by atoms with Crippen LogP contribution in [-0.2, 0) is 21.1 Å². The van der Waals surface area contributed by atoms with E-state index in [-0.39, 0.29) is 40.9 Å². The minimum absolute atomic E-state index is 0.125. The van der Waals surface area contributed by atoms with Crippen molar-refractivity contribution in [1.29, 1.82) is 0 Å². The van der Waals surface area contributed by atoms with Gasteiger partial charge in [-0.15, -0.1) is 4.98 Å². The lowest BCUT2D eigenvalue weighted by atomic mass is 10.3. The molecule has 0 aliphatic rings. The highest BCUT2D eigenvalue weighted by Crippen LogP contribution is 2.22. The molecule has 0 fully saturated rings. The highest BCUT2D eigenvalue weighted by Gasteiger charge is 2.19. The van der Waals surface area contributed by atoms with Crippen LogP contribution in [0.1, 0.15) is 23.2 Å². The number of ether oxygens (including phenoxy) is 3. The average Bonchev–Trinajstić information content (AvgIpc) is 3.31. The van der Waals surface area contributed by atoms with E-state index < -0.39 is 21.8 Å². The second-order valence-electron chi connectivity index (χ2n) is 8.13. The van der Waals surface area contributed by atoms with Crippen molar-refractivity contribution in [2.45, 2.75) is 24.5 Å². The number of sulfone groups is 1. The molecular weight excluding hydrogens is 514 g/mol. The molecular formula is C24H25N7O6S. The summed E-state index contributed by atoms with van der Waals surface area (Å²) in [5.74, 6) is -0.418. The Morgan fingerprint density at radius 2 is 1.82 bits per heavy atom. The molecule has 1 N–H and O–H groups in total. The number of methoxy groups -OCH3 is 1. The number of anilines is 1. The molecule has 14 heteroatoms. The van der Waals surface area contributed by atoms with E-state index in [1.807, 2.05) is 18.2 Å². The fraction of sp³-hybridized carbons (Fsp3) is 0.250. The molecule has 3 aromatic heterocycles. The van der Waals surface area contributed by atoms with Crippen LogP contribution in [0.15, 0.2) is 65.8 Å². The van der Waals surface area contributed by atoms with Gasteiger partial charge in [0.1, 0.15) is 11.9 Å². The molecule has 0 radical (unpaired) electrons. The average molecular weight is 540 g/mol. The molecule has 0 aliphatic heterocycles. The van der Waals surface area contributed by atoms with Gasteiger partial charge in [0, 0.05) is 31.8 Å². The summed E-state index contributed by atoms with van der Waals surface area (Å²) in [5.41, 5.74) is 0.810. The smallest absolute Gasteiger partial charge is 0.328 e. The van der Waals surface area contributed by atoms with Crippen LogP contribution in [0.5, 0.6) is 17.8 Å². The Labute approximate surface area is 218 Å². The molecule has 1 atom stereocenters. The third-order valence-electron chi connectivity index (χ3n) is 4.90. The molecule has 0 bridgehead atoms. The molecule has 13 nitrogen and oxygen atoms in total. The summed E-state index contributed by atoms with van der Waals surface area (Å²) in [6.45, 7) is 2.42. The molecule has 0 saturated carbocycles. The summed E-state index contributed by atoms with van der Waals surface area (Å²) >= 11 is 0. The van der Waals surface area contributed by atoms with Crippen LogP contribution in [-0.4, -0.2) is 70.1 Å². The van der Waals surface area contributed by atoms with Crippen LogP contribution in [0, 0.1) is 0 Å². The predicted octanol–water partition coefficient (Wildman–Crippen LogP) is 2.37. The van der Waals surface area contributed by atoms with E-state index in [1.165, 1.54) is 31.4 Å². The normalized spacial score (nSPS) is 12.1. The van der Waals surface area contributed by atoms with E-state index in [9.17, 15) is 13.2 Å². The van der Waals surface area contributed by atoms with Gasteiger partial charge in [-0.05, 0) is 43.3 Å². The number of amides is 1. The molecule has 38 heavy (non-hydrogen) atoms. The van der Waals surface area contributed by atoms with Crippen molar-refractivity contribution in [3.05, 3.63) is 72.4 Å². The zero-order valence-corrected chi connectivity index (χ0v) is 21.6. The van der Waals surface area contributed by atoms with Crippen molar-refractivity contribution in [3.8, 4) is 17.8 Å². The Morgan fingerprint density at radius 3 is 2.50 bits per heavy atom. The molecule has 0 saturated heterocycles. The number of hydrogen-bond donors (Lipinski definition) is 1. The standard InChI is InChI=1S/C24H25N7O6S/c1-16(15-35-2)36-23-27-21(28-24(29-23)37-18-7-9-19(10-8-18)38(3,33)34)22(32)26-20-11-13-31(30-20)14-17-6-4-5-12-25-17/h4-13,16H,14-15H2,1-3H3,(H,26,30,32). The zero-order chi connectivity index (χ0) is 27.1. The van der Waals surface area contributed by atoms with Crippen molar-refractivity contribution in [1.82, 2.24) is 29.7 Å². The maximum Gasteiger partial charge on any atom is 0.328 e. The highest BCUT2D eigenvalue weighted by molar-refractivity contribution is 7.90. The van der Waals surface area contributed by atoms with Crippen molar-refractivity contribution in [3.63, 3.8) is 0 Å². The molecule has 198 valence electrons. The Bertz CT molecular complexity index is 1490. The molecule has 1 aromatic carbocycles. The van der Waals surface area contributed by atoms with Gasteiger partial charge in [-0.3, -0.25) is 14.5 Å². The Kier molecular flexibility index (Phi) is 8.23. The SMILES string of the molecule is COCC(C)Oc1nc(Oc2ccc(S(C)(=O)=O)cc2)nc(C(=O)Nc2ccn(Cc3ccccn3)n2)n1. The third kappa shape index (κ3) is 7.30. The van der Waals surface area contributed by atoms with Crippen molar-refractivity contribution in [2.24, 2.45) is 0 Å². The monoisotopic (exact) mass is 539 g/mol. The third-order valence-corrected chi connectivity index (χ3v) is 6.03. The number of benzene rings is 1. The molecule has 4 rings (SSSR count). The first-order valence-corrected chi connectivity index (χ1v) is 13.2. The number of nitrogens with one attached hydrogen (secondary N) is 1. The number of hydrogen-bond acceptors (Lipinski definition) is 11. The minimum Gasteiger partial charge on any atom is -0.458 e. The Hall–Kier alpha value is -4.43. The fourth-order valence-electron chi connectivity index (χ4n) is 3.19. The van der Waals surface area contributed by atoms with Gasteiger partial charge in [-0.1, -0.05) is 6.07 Å². The maximum absolute atomic E-state index is 13.0. The fourth-order valence-corrected chi connectivity index (χ4v) is 3.82. The number of carbonyl (C=O) groups excluding carboxylic acids is 1. The number of pyridine rings is 1. The molecule has 1 unspecified atom stereocenters. The maximum atomic E-state index is 13.0. The molecule has 3 heterocycles. The van der Waals surface area contributed by atoms with E-state index >= 15 is 0 Å². The quantitative estimate of drug-likeness (QED) is 0.298. The van der Waals surface area contributed by atoms with Gasteiger partial charge in [0.25, 0.3) is 5.91 Å². The first-order chi connectivity index (χ1) is 18.2. The van der Waals surface area contributed by atoms with Gasteiger partial charge in [-0.2, -0.15) is 15.1 Å². The molecule has 4 aromatic rings. The summed E-state index contributed by atoms with van der Waals surface area (Å²) in [4.78, 5) is 29.7. The van der Waals surface area contributed by atoms with E-state index in [1.54, 1.807) is 30.1 Å². The highest BCUT2D eigenvalue weighted by atomic mass is 32.2. The lowest BCUT2D eigenvalue weighted by molar-refractivity contribution is 0.0838. The lowest BCUT2D eigenvalue weighted by Crippen LogP contribution is -2.22. The Balaban J connectivity index is 1.54. The van der Waals surface area contributed by atoms with Gasteiger partial charge >= 0.3 is 12.0 Å². The van der Waals surface area contributed by atoms with Gasteiger partial charge < -0.3 is 19.5 Å². The summed E-state index contributed by atoms with van der Waals surface area (Å²) in [6.07, 6.45) is 4.07. The van der Waals surface area contributed by atoms with Crippen LogP contribution in [0.4, 0.5) is 5.82 Å². The van der Waals surface area contributed by atoms with E-state index in [0.717, 1.165) is 11.9 Å². The second kappa shape index (κ2) is 11.7. The second-order valence-corrected chi connectivity index (χ2v) is 10.1. The first kappa shape index (κ1) is 26.6. The van der Waals surface area contributed by atoms with Gasteiger partial charge in [0.05, 0.1) is 23.7 Å². The van der Waals surface area contributed by atoms with Crippen LogP contribution in [0.25, 0.3) is 0 Å². The van der Waals surface area contributed by atoms with Gasteiger partial charge in [-0.25, -0.2) is 8.42 Å². The number of carbonyl (C=O) groups is 1. The van der Waals surface area contributed by atoms with Crippen LogP contribution < -0.4 is 14.8 Å². The van der Waals surface area contributed by atoms with Gasteiger partial charge in [0.2, 0.25) is 5.82 Å². The first-order valence-electron chi connectivity index (χ1n) is 11.3. The lowest BCUT2D eigenvalue weighted by Gasteiger charge is -2.13. The molecule has 0 aliphatic carbocycles. The summed E-state index contributed by atoms with van der Waals surface area (Å²) in [5, 5.41) is 6.97. The molecule has 0 spiro atoms. The topological polar surface area (TPSA) is 160 Å². The van der Waals surface area contributed by atoms with Gasteiger partial charge in [0.15, 0.2) is 15.7 Å². The summed E-state index contributed by atoms with van der Waals surface area (Å²) in [6, 6.07) is 12.5. The number of nitrogens with zero attached hydrogens (tertiary/aromatic N) is 6. The van der Waals surface area contributed by atoms with Crippen LogP contribution in [0.3, 0.4) is 0 Å². The largest absolute Gasteiger partial charge is 0.458 e. The number of rotatable bonds is 11. The number of aromatic nitrogens is 6. The molecule has 1 amide bonds. The van der Waals surface area contributed by atoms with Crippen LogP contribution >= 0.6 is 0 Å². The van der Waals surface area contributed by atoms with Crippen LogP contribution in [0.2, 0.25) is 0 Å². The van der Waals surface area contributed by atoms with Crippen molar-refractivity contribution in [2.75, 3.05) is 25.3 Å².